The third-order valence-corrected chi connectivity index (χ3v) is 3.71. The third kappa shape index (κ3) is 4.05. The van der Waals surface area contributed by atoms with Gasteiger partial charge in [0.25, 0.3) is 0 Å². The second-order valence-electron chi connectivity index (χ2n) is 4.14. The number of benzene rings is 2. The molecule has 2 aromatic rings. The van der Waals surface area contributed by atoms with Crippen LogP contribution < -0.4 is 4.74 Å². The first-order valence-electron chi connectivity index (χ1n) is 5.70. The lowest BCUT2D eigenvalue weighted by molar-refractivity contribution is -0.138. The SMILES string of the molecule is FC(F)(F)c1cc(CCl)ccc1Oc1ccc(Br)cc1Cl. The molecule has 0 heterocycles. The van der Waals surface area contributed by atoms with Gasteiger partial charge in [0, 0.05) is 10.4 Å². The Morgan fingerprint density at radius 1 is 1.05 bits per heavy atom. The number of hydrogen-bond acceptors (Lipinski definition) is 1. The topological polar surface area (TPSA) is 9.23 Å². The molecule has 112 valence electrons. The van der Waals surface area contributed by atoms with Crippen LogP contribution in [0.15, 0.2) is 40.9 Å². The van der Waals surface area contributed by atoms with Crippen molar-refractivity contribution in [2.45, 2.75) is 12.1 Å². The summed E-state index contributed by atoms with van der Waals surface area (Å²) in [5, 5.41) is 0.207. The highest BCUT2D eigenvalue weighted by molar-refractivity contribution is 9.10. The molecule has 0 aromatic heterocycles. The molecule has 0 bridgehead atoms. The number of ether oxygens (including phenoxy) is 1. The van der Waals surface area contributed by atoms with E-state index >= 15 is 0 Å². The Labute approximate surface area is 137 Å². The van der Waals surface area contributed by atoms with Crippen LogP contribution in [-0.4, -0.2) is 0 Å². The normalized spacial score (nSPS) is 11.5. The minimum absolute atomic E-state index is 0.0115. The van der Waals surface area contributed by atoms with Crippen molar-refractivity contribution in [3.8, 4) is 11.5 Å². The van der Waals surface area contributed by atoms with E-state index in [0.29, 0.717) is 10.0 Å². The summed E-state index contributed by atoms with van der Waals surface area (Å²) in [6.07, 6.45) is -4.54. The van der Waals surface area contributed by atoms with Gasteiger partial charge in [0.15, 0.2) is 0 Å². The van der Waals surface area contributed by atoms with Crippen LogP contribution in [0, 0.1) is 0 Å². The number of alkyl halides is 4. The third-order valence-electron chi connectivity index (χ3n) is 2.62. The Balaban J connectivity index is 2.44. The van der Waals surface area contributed by atoms with Crippen LogP contribution in [0.2, 0.25) is 5.02 Å². The molecule has 0 aliphatic rings. The average Bonchev–Trinajstić information content (AvgIpc) is 2.41. The van der Waals surface area contributed by atoms with E-state index in [1.54, 1.807) is 6.07 Å². The first-order chi connectivity index (χ1) is 9.81. The van der Waals surface area contributed by atoms with Crippen molar-refractivity contribution in [1.82, 2.24) is 0 Å². The zero-order valence-electron chi connectivity index (χ0n) is 10.3. The van der Waals surface area contributed by atoms with Gasteiger partial charge in [-0.15, -0.1) is 11.6 Å². The van der Waals surface area contributed by atoms with Crippen molar-refractivity contribution < 1.29 is 17.9 Å². The highest BCUT2D eigenvalue weighted by Gasteiger charge is 2.35. The number of halogens is 6. The highest BCUT2D eigenvalue weighted by atomic mass is 79.9. The fraction of sp³-hybridized carbons (Fsp3) is 0.143. The van der Waals surface area contributed by atoms with E-state index in [9.17, 15) is 13.2 Å². The molecule has 21 heavy (non-hydrogen) atoms. The Morgan fingerprint density at radius 3 is 2.29 bits per heavy atom. The van der Waals surface area contributed by atoms with Crippen molar-refractivity contribution >= 4 is 39.1 Å². The summed E-state index contributed by atoms with van der Waals surface area (Å²) >= 11 is 14.7. The average molecular weight is 400 g/mol. The van der Waals surface area contributed by atoms with E-state index in [1.165, 1.54) is 24.3 Å². The van der Waals surface area contributed by atoms with Crippen LogP contribution in [0.25, 0.3) is 0 Å². The largest absolute Gasteiger partial charge is 0.455 e. The van der Waals surface area contributed by atoms with Gasteiger partial charge in [-0.3, -0.25) is 0 Å². The smallest absolute Gasteiger partial charge is 0.419 e. The van der Waals surface area contributed by atoms with Crippen molar-refractivity contribution in [3.05, 3.63) is 57.0 Å². The van der Waals surface area contributed by atoms with Crippen LogP contribution in [0.5, 0.6) is 11.5 Å². The summed E-state index contributed by atoms with van der Waals surface area (Å²) in [6.45, 7) is 0. The second-order valence-corrected chi connectivity index (χ2v) is 5.73. The lowest BCUT2D eigenvalue weighted by Gasteiger charge is -2.15. The number of rotatable bonds is 3. The van der Waals surface area contributed by atoms with Crippen LogP contribution in [0.4, 0.5) is 13.2 Å². The van der Waals surface area contributed by atoms with Gasteiger partial charge in [-0.05, 0) is 35.9 Å². The zero-order chi connectivity index (χ0) is 15.6. The van der Waals surface area contributed by atoms with E-state index < -0.39 is 11.7 Å². The molecular formula is C14H8BrCl2F3O. The molecule has 0 amide bonds. The van der Waals surface area contributed by atoms with Gasteiger partial charge in [-0.1, -0.05) is 33.6 Å². The van der Waals surface area contributed by atoms with Crippen molar-refractivity contribution in [3.63, 3.8) is 0 Å². The molecule has 0 fully saturated rings. The molecule has 0 N–H and O–H groups in total. The molecule has 0 aliphatic heterocycles. The van der Waals surface area contributed by atoms with E-state index in [2.05, 4.69) is 15.9 Å². The van der Waals surface area contributed by atoms with Crippen molar-refractivity contribution in [2.75, 3.05) is 0 Å². The molecule has 0 radical (unpaired) electrons. The maximum atomic E-state index is 13.1. The summed E-state index contributed by atoms with van der Waals surface area (Å²) in [7, 11) is 0. The van der Waals surface area contributed by atoms with Crippen LogP contribution in [0.1, 0.15) is 11.1 Å². The Hall–Kier alpha value is -0.910. The fourth-order valence-electron chi connectivity index (χ4n) is 1.65. The van der Waals surface area contributed by atoms with Crippen LogP contribution in [0.3, 0.4) is 0 Å². The van der Waals surface area contributed by atoms with Gasteiger partial charge in [-0.2, -0.15) is 13.2 Å². The maximum absolute atomic E-state index is 13.1. The summed E-state index contributed by atoms with van der Waals surface area (Å²) in [4.78, 5) is 0. The summed E-state index contributed by atoms with van der Waals surface area (Å²) in [5.74, 6) is -0.188. The van der Waals surface area contributed by atoms with Crippen LogP contribution >= 0.6 is 39.1 Å². The monoisotopic (exact) mass is 398 g/mol. The van der Waals surface area contributed by atoms with Crippen molar-refractivity contribution in [2.24, 2.45) is 0 Å². The molecule has 0 spiro atoms. The maximum Gasteiger partial charge on any atom is 0.419 e. The molecule has 7 heteroatoms. The highest BCUT2D eigenvalue weighted by Crippen LogP contribution is 2.40. The van der Waals surface area contributed by atoms with E-state index in [4.69, 9.17) is 27.9 Å². The van der Waals surface area contributed by atoms with Gasteiger partial charge >= 0.3 is 6.18 Å². The fourth-order valence-corrected chi connectivity index (χ4v) is 2.53. The Morgan fingerprint density at radius 2 is 1.71 bits per heavy atom. The minimum atomic E-state index is -4.54. The molecule has 0 aliphatic carbocycles. The van der Waals surface area contributed by atoms with Gasteiger partial charge in [0.2, 0.25) is 0 Å². The first kappa shape index (κ1) is 16.5. The molecule has 0 atom stereocenters. The molecule has 2 aromatic carbocycles. The molecule has 0 saturated heterocycles. The summed E-state index contributed by atoms with van der Waals surface area (Å²) in [6, 6.07) is 8.33. The predicted octanol–water partition coefficient (Wildman–Crippen LogP) is 6.65. The molecule has 2 rings (SSSR count). The summed E-state index contributed by atoms with van der Waals surface area (Å²) in [5.41, 5.74) is -0.530. The Kier molecular flexibility index (Phi) is 5.07. The van der Waals surface area contributed by atoms with Gasteiger partial charge < -0.3 is 4.74 Å². The lowest BCUT2D eigenvalue weighted by atomic mass is 10.1. The van der Waals surface area contributed by atoms with Gasteiger partial charge in [0.05, 0.1) is 10.6 Å². The molecule has 0 saturated carbocycles. The quantitative estimate of drug-likeness (QED) is 0.525. The van der Waals surface area contributed by atoms with Crippen LogP contribution in [-0.2, 0) is 12.1 Å². The summed E-state index contributed by atoms with van der Waals surface area (Å²) < 4.78 is 45.2. The standard InChI is InChI=1S/C14H8BrCl2F3O/c15-9-2-4-13(11(17)6-9)21-12-3-1-8(7-16)5-10(12)14(18,19)20/h1-6H,7H2. The molecular weight excluding hydrogens is 392 g/mol. The number of hydrogen-bond donors (Lipinski definition) is 0. The molecule has 0 unspecified atom stereocenters. The van der Waals surface area contributed by atoms with Gasteiger partial charge in [0.1, 0.15) is 11.5 Å². The van der Waals surface area contributed by atoms with Crippen molar-refractivity contribution in [1.29, 1.82) is 0 Å². The van der Waals surface area contributed by atoms with E-state index in [0.717, 1.165) is 6.07 Å². The predicted molar refractivity (Wildman–Crippen MR) is 80.2 cm³/mol. The second kappa shape index (κ2) is 6.46. The first-order valence-corrected chi connectivity index (χ1v) is 7.41. The zero-order valence-corrected chi connectivity index (χ0v) is 13.4. The van der Waals surface area contributed by atoms with Gasteiger partial charge in [-0.25, -0.2) is 0 Å². The van der Waals surface area contributed by atoms with E-state index in [-0.39, 0.29) is 22.4 Å². The molecule has 1 nitrogen and oxygen atoms in total. The minimum Gasteiger partial charge on any atom is -0.455 e. The van der Waals surface area contributed by atoms with E-state index in [1.807, 2.05) is 0 Å². The Bertz CT molecular complexity index is 659. The lowest BCUT2D eigenvalue weighted by Crippen LogP contribution is -2.08.